The number of carboxylic acid groups (broad SMARTS) is 1. The molecule has 0 aromatic heterocycles. The number of nitrogens with one attached hydrogen (secondary N) is 1. The quantitative estimate of drug-likeness (QED) is 0.695. The van der Waals surface area contributed by atoms with Crippen LogP contribution in [0.4, 0.5) is 5.69 Å². The van der Waals surface area contributed by atoms with Crippen LogP contribution in [0.5, 0.6) is 5.75 Å². The molecule has 0 aliphatic carbocycles. The van der Waals surface area contributed by atoms with E-state index in [0.29, 0.717) is 23.4 Å². The Hall–Kier alpha value is -2.91. The Labute approximate surface area is 175 Å². The minimum absolute atomic E-state index is 0.0251. The number of ether oxygens (including phenoxy) is 1. The van der Waals surface area contributed by atoms with Crippen LogP contribution in [0.2, 0.25) is 0 Å². The molecule has 1 amide bonds. The maximum absolute atomic E-state index is 13.0. The van der Waals surface area contributed by atoms with Crippen LogP contribution in [0.1, 0.15) is 37.4 Å². The summed E-state index contributed by atoms with van der Waals surface area (Å²) in [5, 5.41) is 9.27. The molecule has 3 rings (SSSR count). The van der Waals surface area contributed by atoms with Gasteiger partial charge < -0.3 is 14.7 Å². The molecule has 2 N–H and O–H groups in total. The summed E-state index contributed by atoms with van der Waals surface area (Å²) in [6, 6.07) is 10.2. The highest BCUT2D eigenvalue weighted by atomic mass is 32.2. The van der Waals surface area contributed by atoms with Crippen molar-refractivity contribution in [2.75, 3.05) is 12.0 Å². The zero-order chi connectivity index (χ0) is 22.1. The molecular weight excluding hydrogens is 408 g/mol. The molecule has 30 heavy (non-hydrogen) atoms. The molecule has 0 fully saturated rings. The van der Waals surface area contributed by atoms with E-state index < -0.39 is 28.5 Å². The van der Waals surface area contributed by atoms with Crippen molar-refractivity contribution in [1.29, 1.82) is 0 Å². The van der Waals surface area contributed by atoms with E-state index in [4.69, 9.17) is 4.74 Å². The Morgan fingerprint density at radius 3 is 2.63 bits per heavy atom. The van der Waals surface area contributed by atoms with Crippen molar-refractivity contribution in [3.8, 4) is 5.75 Å². The van der Waals surface area contributed by atoms with Gasteiger partial charge in [-0.2, -0.15) is 0 Å². The van der Waals surface area contributed by atoms with Crippen LogP contribution < -0.4 is 14.4 Å². The molecule has 8 nitrogen and oxygen atoms in total. The van der Waals surface area contributed by atoms with Crippen LogP contribution in [-0.4, -0.2) is 38.6 Å². The molecule has 1 heterocycles. The Bertz CT molecular complexity index is 1080. The first-order valence-electron chi connectivity index (χ1n) is 9.43. The fourth-order valence-electron chi connectivity index (χ4n) is 3.77. The van der Waals surface area contributed by atoms with Crippen molar-refractivity contribution in [2.24, 2.45) is 0 Å². The number of hydrogen-bond acceptors (Lipinski definition) is 5. The number of hydrogen-bond donors (Lipinski definition) is 2. The van der Waals surface area contributed by atoms with Gasteiger partial charge in [-0.25, -0.2) is 13.1 Å². The second kappa shape index (κ2) is 8.45. The summed E-state index contributed by atoms with van der Waals surface area (Å²) < 4.78 is 33.7. The molecule has 1 aliphatic heterocycles. The van der Waals surface area contributed by atoms with Gasteiger partial charge in [0.25, 0.3) is 0 Å². The van der Waals surface area contributed by atoms with E-state index in [9.17, 15) is 23.1 Å². The average Bonchev–Trinajstić information content (AvgIpc) is 3.02. The van der Waals surface area contributed by atoms with Crippen LogP contribution in [0.25, 0.3) is 0 Å². The summed E-state index contributed by atoms with van der Waals surface area (Å²) in [5.74, 6) is -0.738. The van der Waals surface area contributed by atoms with E-state index in [1.807, 2.05) is 6.92 Å². The van der Waals surface area contributed by atoms with Crippen LogP contribution in [0.3, 0.4) is 0 Å². The van der Waals surface area contributed by atoms with Crippen molar-refractivity contribution in [1.82, 2.24) is 4.72 Å². The molecule has 0 saturated carbocycles. The number of rotatable bonds is 7. The average molecular weight is 432 g/mol. The predicted octanol–water partition coefficient (Wildman–Crippen LogP) is 2.49. The zero-order valence-electron chi connectivity index (χ0n) is 17.0. The summed E-state index contributed by atoms with van der Waals surface area (Å²) in [6.07, 6.45) is 0.124. The van der Waals surface area contributed by atoms with Gasteiger partial charge in [0, 0.05) is 18.7 Å². The van der Waals surface area contributed by atoms with E-state index >= 15 is 0 Å². The maximum Gasteiger partial charge on any atom is 0.305 e. The summed E-state index contributed by atoms with van der Waals surface area (Å²) in [4.78, 5) is 24.9. The first-order chi connectivity index (χ1) is 14.1. The van der Waals surface area contributed by atoms with E-state index in [1.54, 1.807) is 41.3 Å². The van der Waals surface area contributed by atoms with Gasteiger partial charge in [-0.3, -0.25) is 9.59 Å². The Morgan fingerprint density at radius 1 is 1.27 bits per heavy atom. The van der Waals surface area contributed by atoms with Crippen molar-refractivity contribution in [2.45, 2.75) is 43.7 Å². The third-order valence-electron chi connectivity index (χ3n) is 5.09. The molecule has 0 unspecified atom stereocenters. The topological polar surface area (TPSA) is 113 Å². The van der Waals surface area contributed by atoms with Gasteiger partial charge in [-0.05, 0) is 54.8 Å². The van der Waals surface area contributed by atoms with Gasteiger partial charge in [-0.1, -0.05) is 12.1 Å². The number of fused-ring (bicyclic) bond motifs is 1. The maximum atomic E-state index is 13.0. The highest BCUT2D eigenvalue weighted by Gasteiger charge is 2.31. The molecule has 0 spiro atoms. The second-order valence-corrected chi connectivity index (χ2v) is 9.00. The smallest absolute Gasteiger partial charge is 0.305 e. The van der Waals surface area contributed by atoms with Gasteiger partial charge in [0.05, 0.1) is 24.5 Å². The molecular formula is C21H24N2O6S. The molecule has 0 bridgehead atoms. The molecule has 160 valence electrons. The SMILES string of the molecule is COc1cccc([C@H](CC(=O)O)NS(=O)(=O)c2ccc3c(c2)C[C@H](C)N3C(C)=O)c1. The number of nitrogens with zero attached hydrogens (tertiary/aromatic N) is 1. The van der Waals surface area contributed by atoms with Gasteiger partial charge in [0.2, 0.25) is 15.9 Å². The largest absolute Gasteiger partial charge is 0.497 e. The van der Waals surface area contributed by atoms with Gasteiger partial charge >= 0.3 is 5.97 Å². The summed E-state index contributed by atoms with van der Waals surface area (Å²) in [6.45, 7) is 3.38. The van der Waals surface area contributed by atoms with Crippen LogP contribution in [0.15, 0.2) is 47.4 Å². The Kier molecular flexibility index (Phi) is 6.14. The highest BCUT2D eigenvalue weighted by molar-refractivity contribution is 7.89. The molecule has 2 aromatic carbocycles. The number of amides is 1. The van der Waals surface area contributed by atoms with Crippen molar-refractivity contribution in [3.05, 3.63) is 53.6 Å². The minimum Gasteiger partial charge on any atom is -0.497 e. The van der Waals surface area contributed by atoms with Crippen LogP contribution in [-0.2, 0) is 26.0 Å². The van der Waals surface area contributed by atoms with Crippen molar-refractivity contribution < 1.29 is 27.9 Å². The number of benzene rings is 2. The second-order valence-electron chi connectivity index (χ2n) is 7.28. The van der Waals surface area contributed by atoms with Gasteiger partial charge in [0.15, 0.2) is 0 Å². The summed E-state index contributed by atoms with van der Waals surface area (Å²) in [5.41, 5.74) is 1.94. The van der Waals surface area contributed by atoms with Gasteiger partial charge in [0.1, 0.15) is 5.75 Å². The highest BCUT2D eigenvalue weighted by Crippen LogP contribution is 2.34. The number of sulfonamides is 1. The van der Waals surface area contributed by atoms with E-state index in [1.165, 1.54) is 20.1 Å². The fourth-order valence-corrected chi connectivity index (χ4v) is 5.04. The van der Waals surface area contributed by atoms with E-state index in [2.05, 4.69) is 4.72 Å². The molecule has 1 aliphatic rings. The Balaban J connectivity index is 1.93. The lowest BCUT2D eigenvalue weighted by molar-refractivity contribution is -0.137. The number of carboxylic acids is 1. The number of carbonyl (C=O) groups excluding carboxylic acids is 1. The first-order valence-corrected chi connectivity index (χ1v) is 10.9. The zero-order valence-corrected chi connectivity index (χ0v) is 17.8. The lowest BCUT2D eigenvalue weighted by Gasteiger charge is -2.21. The number of aliphatic carboxylic acids is 1. The Morgan fingerprint density at radius 2 is 2.00 bits per heavy atom. The summed E-state index contributed by atoms with van der Waals surface area (Å²) >= 11 is 0. The van der Waals surface area contributed by atoms with Crippen molar-refractivity contribution in [3.63, 3.8) is 0 Å². The molecule has 9 heteroatoms. The molecule has 2 aromatic rings. The van der Waals surface area contributed by atoms with Crippen LogP contribution >= 0.6 is 0 Å². The van der Waals surface area contributed by atoms with E-state index in [-0.39, 0.29) is 16.8 Å². The third-order valence-corrected chi connectivity index (χ3v) is 6.56. The monoisotopic (exact) mass is 432 g/mol. The normalized spacial score (nSPS) is 16.8. The van der Waals surface area contributed by atoms with E-state index in [0.717, 1.165) is 5.56 Å². The number of methoxy groups -OCH3 is 1. The minimum atomic E-state index is -4.01. The fraction of sp³-hybridized carbons (Fsp3) is 0.333. The predicted molar refractivity (Wildman–Crippen MR) is 111 cm³/mol. The van der Waals surface area contributed by atoms with Gasteiger partial charge in [-0.15, -0.1) is 0 Å². The van der Waals surface area contributed by atoms with Crippen molar-refractivity contribution >= 4 is 27.6 Å². The number of anilines is 1. The standard InChI is InChI=1S/C21H24N2O6S/c1-13-9-16-11-18(7-8-20(16)23(13)14(2)24)30(27,28)22-19(12-21(25)26)15-5-4-6-17(10-15)29-3/h4-8,10-11,13,19,22H,9,12H2,1-3H3,(H,25,26)/t13-,19-/m0/s1. The lowest BCUT2D eigenvalue weighted by atomic mass is 10.0. The summed E-state index contributed by atoms with van der Waals surface area (Å²) in [7, 11) is -2.53. The number of carbonyl (C=O) groups is 2. The molecule has 0 radical (unpaired) electrons. The molecule has 0 saturated heterocycles. The third kappa shape index (κ3) is 4.47. The van der Waals surface area contributed by atoms with Crippen LogP contribution in [0, 0.1) is 0 Å². The lowest BCUT2D eigenvalue weighted by Crippen LogP contribution is -2.33. The molecule has 2 atom stereocenters. The first kappa shape index (κ1) is 21.8.